The minimum Gasteiger partial charge on any atom is -0.294 e. The Kier molecular flexibility index (Phi) is 3.81. The Hall–Kier alpha value is -0.880. The zero-order chi connectivity index (χ0) is 6.41. The molecule has 0 atom stereocenters. The molecule has 0 saturated carbocycles. The smallest absolute Gasteiger partial charge is 0.166 e. The molecule has 0 saturated heterocycles. The summed E-state index contributed by atoms with van der Waals surface area (Å²) in [5.74, 6) is 1.29. The van der Waals surface area contributed by atoms with E-state index in [1.54, 1.807) is 0 Å². The molecule has 0 aliphatic heterocycles. The van der Waals surface area contributed by atoms with Gasteiger partial charge in [-0.15, -0.1) is 0 Å². The molecule has 0 unspecified atom stereocenters. The quantitative estimate of drug-likeness (QED) is 0.398. The minimum absolute atomic E-state index is 0.137. The Balaban J connectivity index is 3.49. The summed E-state index contributed by atoms with van der Waals surface area (Å²) in [4.78, 5) is 19.8. The maximum absolute atomic E-state index is 10.3. The first-order valence-electron chi connectivity index (χ1n) is 2.55. The van der Waals surface area contributed by atoms with Crippen LogP contribution < -0.4 is 0 Å². The second-order valence-electron chi connectivity index (χ2n) is 1.48. The van der Waals surface area contributed by atoms with Crippen molar-refractivity contribution in [3.05, 3.63) is 6.08 Å². The van der Waals surface area contributed by atoms with Gasteiger partial charge in [-0.3, -0.25) is 4.79 Å². The van der Waals surface area contributed by atoms with Gasteiger partial charge in [0.15, 0.2) is 5.78 Å². The molecule has 2 heteroatoms. The van der Waals surface area contributed by atoms with Gasteiger partial charge in [-0.25, -0.2) is 4.79 Å². The molecule has 0 aliphatic carbocycles. The Morgan fingerprint density at radius 3 is 2.75 bits per heavy atom. The predicted octanol–water partition coefficient (Wildman–Crippen LogP) is 0.743. The van der Waals surface area contributed by atoms with Gasteiger partial charge in [0.2, 0.25) is 0 Å². The zero-order valence-corrected chi connectivity index (χ0v) is 4.81. The third-order valence-corrected chi connectivity index (χ3v) is 0.716. The molecular formula is C6H8O2. The lowest BCUT2D eigenvalue weighted by molar-refractivity contribution is -0.114. The highest BCUT2D eigenvalue weighted by Gasteiger charge is 1.90. The maximum Gasteiger partial charge on any atom is 0.166 e. The molecule has 0 N–H and O–H groups in total. The predicted molar refractivity (Wildman–Crippen MR) is 30.2 cm³/mol. The van der Waals surface area contributed by atoms with E-state index in [9.17, 15) is 9.59 Å². The summed E-state index contributed by atoms with van der Waals surface area (Å²) in [7, 11) is 0. The van der Waals surface area contributed by atoms with Crippen LogP contribution >= 0.6 is 0 Å². The van der Waals surface area contributed by atoms with Crippen LogP contribution in [0.3, 0.4) is 0 Å². The van der Waals surface area contributed by atoms with Gasteiger partial charge in [0.1, 0.15) is 5.94 Å². The Morgan fingerprint density at radius 1 is 1.75 bits per heavy atom. The normalized spacial score (nSPS) is 7.62. The third-order valence-electron chi connectivity index (χ3n) is 0.716. The number of hydrogen-bond donors (Lipinski definition) is 0. The molecule has 0 spiro atoms. The van der Waals surface area contributed by atoms with E-state index >= 15 is 0 Å². The average molecular weight is 112 g/mol. The summed E-state index contributed by atoms with van der Waals surface area (Å²) >= 11 is 0. The zero-order valence-electron chi connectivity index (χ0n) is 4.81. The van der Waals surface area contributed by atoms with Gasteiger partial charge in [-0.1, -0.05) is 6.92 Å². The molecule has 0 aromatic rings. The van der Waals surface area contributed by atoms with Crippen molar-refractivity contribution in [1.82, 2.24) is 0 Å². The fourth-order valence-electron chi connectivity index (χ4n) is 0.384. The summed E-state index contributed by atoms with van der Waals surface area (Å²) in [6.45, 7) is 1.89. The first-order chi connectivity index (χ1) is 3.81. The van der Waals surface area contributed by atoms with E-state index in [2.05, 4.69) is 0 Å². The van der Waals surface area contributed by atoms with Gasteiger partial charge < -0.3 is 0 Å². The summed E-state index contributed by atoms with van der Waals surface area (Å²) in [6.07, 6.45) is 2.18. The molecule has 0 fully saturated rings. The molecule has 0 rings (SSSR count). The second-order valence-corrected chi connectivity index (χ2v) is 1.48. The highest BCUT2D eigenvalue weighted by molar-refractivity contribution is 5.95. The van der Waals surface area contributed by atoms with Crippen molar-refractivity contribution in [2.75, 3.05) is 0 Å². The van der Waals surface area contributed by atoms with Gasteiger partial charge in [0.25, 0.3) is 0 Å². The maximum atomic E-state index is 10.3. The minimum atomic E-state index is -0.137. The molecule has 0 aliphatic rings. The lowest BCUT2D eigenvalue weighted by atomic mass is 10.2. The van der Waals surface area contributed by atoms with E-state index in [0.29, 0.717) is 6.42 Å². The van der Waals surface area contributed by atoms with Crippen molar-refractivity contribution in [1.29, 1.82) is 0 Å². The molecule has 0 aromatic heterocycles. The lowest BCUT2D eigenvalue weighted by Gasteiger charge is -1.81. The first-order valence-corrected chi connectivity index (χ1v) is 2.55. The van der Waals surface area contributed by atoms with Gasteiger partial charge in [0.05, 0.1) is 6.08 Å². The molecule has 8 heavy (non-hydrogen) atoms. The van der Waals surface area contributed by atoms with E-state index < -0.39 is 0 Å². The highest BCUT2D eigenvalue weighted by atomic mass is 16.1. The molecule has 44 valence electrons. The largest absolute Gasteiger partial charge is 0.294 e. The van der Waals surface area contributed by atoms with Crippen LogP contribution in [0.1, 0.15) is 19.8 Å². The molecule has 0 aromatic carbocycles. The Morgan fingerprint density at radius 2 is 2.38 bits per heavy atom. The van der Waals surface area contributed by atoms with Crippen molar-refractivity contribution in [2.24, 2.45) is 0 Å². The Labute approximate surface area is 48.2 Å². The molecule has 0 bridgehead atoms. The lowest BCUT2D eigenvalue weighted by Crippen LogP contribution is -1.89. The summed E-state index contributed by atoms with van der Waals surface area (Å²) in [5, 5.41) is 0. The average Bonchev–Trinajstić information content (AvgIpc) is 1.68. The molecule has 0 amide bonds. The molecule has 2 nitrogen and oxygen atoms in total. The SMILES string of the molecule is CCCC(=O)C=C=O. The van der Waals surface area contributed by atoms with Crippen LogP contribution in [-0.4, -0.2) is 11.7 Å². The Bertz CT molecular complexity index is 120. The van der Waals surface area contributed by atoms with Crippen LogP contribution in [0.25, 0.3) is 0 Å². The van der Waals surface area contributed by atoms with Crippen molar-refractivity contribution in [2.45, 2.75) is 19.8 Å². The van der Waals surface area contributed by atoms with Gasteiger partial charge in [-0.05, 0) is 6.42 Å². The van der Waals surface area contributed by atoms with Crippen LogP contribution in [0.5, 0.6) is 0 Å². The van der Waals surface area contributed by atoms with Gasteiger partial charge >= 0.3 is 0 Å². The molecule has 0 radical (unpaired) electrons. The highest BCUT2D eigenvalue weighted by Crippen LogP contribution is 1.86. The number of ketones is 1. The standard InChI is InChI=1S/C6H8O2/c1-2-3-6(8)4-5-7/h4H,2-3H2,1H3. The van der Waals surface area contributed by atoms with E-state index in [1.807, 2.05) is 6.92 Å². The summed E-state index contributed by atoms with van der Waals surface area (Å²) in [6, 6.07) is 0. The fourth-order valence-corrected chi connectivity index (χ4v) is 0.384. The number of allylic oxidation sites excluding steroid dienone is 1. The van der Waals surface area contributed by atoms with Crippen LogP contribution in [0.15, 0.2) is 6.08 Å². The van der Waals surface area contributed by atoms with Crippen molar-refractivity contribution in [3.8, 4) is 0 Å². The second kappa shape index (κ2) is 4.28. The van der Waals surface area contributed by atoms with Crippen molar-refractivity contribution >= 4 is 11.7 Å². The van der Waals surface area contributed by atoms with Crippen LogP contribution in [-0.2, 0) is 9.59 Å². The van der Waals surface area contributed by atoms with Crippen LogP contribution in [0.4, 0.5) is 0 Å². The van der Waals surface area contributed by atoms with Crippen LogP contribution in [0, 0.1) is 0 Å². The fraction of sp³-hybridized carbons (Fsp3) is 0.500. The van der Waals surface area contributed by atoms with Crippen molar-refractivity contribution < 1.29 is 9.59 Å². The van der Waals surface area contributed by atoms with Gasteiger partial charge in [-0.2, -0.15) is 0 Å². The van der Waals surface area contributed by atoms with Crippen LogP contribution in [0.2, 0.25) is 0 Å². The molecular weight excluding hydrogens is 104 g/mol. The summed E-state index contributed by atoms with van der Waals surface area (Å²) < 4.78 is 0. The van der Waals surface area contributed by atoms with E-state index in [4.69, 9.17) is 0 Å². The van der Waals surface area contributed by atoms with E-state index in [0.717, 1.165) is 12.5 Å². The number of carbonyl (C=O) groups excluding carboxylic acids is 2. The van der Waals surface area contributed by atoms with Crippen molar-refractivity contribution in [3.63, 3.8) is 0 Å². The van der Waals surface area contributed by atoms with E-state index in [1.165, 1.54) is 5.94 Å². The summed E-state index contributed by atoms with van der Waals surface area (Å²) in [5.41, 5.74) is 0. The monoisotopic (exact) mass is 112 g/mol. The topological polar surface area (TPSA) is 34.1 Å². The third kappa shape index (κ3) is 3.32. The number of carbonyl (C=O) groups is 1. The van der Waals surface area contributed by atoms with E-state index in [-0.39, 0.29) is 5.78 Å². The number of rotatable bonds is 3. The number of hydrogen-bond acceptors (Lipinski definition) is 2. The molecule has 0 heterocycles. The van der Waals surface area contributed by atoms with Gasteiger partial charge in [0, 0.05) is 6.42 Å². The first kappa shape index (κ1) is 7.12.